The Balaban J connectivity index is 1.60. The van der Waals surface area contributed by atoms with E-state index in [0.717, 1.165) is 21.9 Å². The van der Waals surface area contributed by atoms with Gasteiger partial charge in [-0.1, -0.05) is 42.5 Å². The Bertz CT molecular complexity index is 1250. The second-order valence-electron chi connectivity index (χ2n) is 9.88. The van der Waals surface area contributed by atoms with Crippen molar-refractivity contribution in [3.05, 3.63) is 65.4 Å². The van der Waals surface area contributed by atoms with Crippen LogP contribution in [0.15, 0.2) is 48.5 Å². The highest BCUT2D eigenvalue weighted by atomic mass is 16.7. The van der Waals surface area contributed by atoms with Crippen LogP contribution in [0.5, 0.6) is 0 Å². The number of esters is 1. The molecule has 1 saturated heterocycles. The third-order valence-corrected chi connectivity index (χ3v) is 6.96. The molecule has 4 rings (SSSR count). The first-order chi connectivity index (χ1) is 17.0. The standard InChI is InChI=1S/C27H33BN2O6/c1-7-33-24(31)23-20-14-13-19(28-35-26(2,3)27(4,5)36-28)15-21(20)30(6)22(23)16-29-25(32)34-17-18-11-9-8-10-12-18/h8-15H,7,16-17H2,1-6H3,(H,29,32). The van der Waals surface area contributed by atoms with Crippen LogP contribution in [0, 0.1) is 0 Å². The van der Waals surface area contributed by atoms with Crippen molar-refractivity contribution in [3.63, 3.8) is 0 Å². The highest BCUT2D eigenvalue weighted by Crippen LogP contribution is 2.37. The number of aryl methyl sites for hydroxylation is 1. The quantitative estimate of drug-likeness (QED) is 0.395. The highest BCUT2D eigenvalue weighted by molar-refractivity contribution is 6.62. The van der Waals surface area contributed by atoms with Crippen LogP contribution in [-0.4, -0.2) is 41.6 Å². The van der Waals surface area contributed by atoms with E-state index in [1.165, 1.54) is 0 Å². The number of hydrogen-bond donors (Lipinski definition) is 1. The molecule has 1 aromatic heterocycles. The molecule has 1 N–H and O–H groups in total. The van der Waals surface area contributed by atoms with Crippen molar-refractivity contribution in [2.45, 2.75) is 59.0 Å². The number of carbonyl (C=O) groups excluding carboxylic acids is 2. The van der Waals surface area contributed by atoms with Gasteiger partial charge in [0.05, 0.1) is 35.6 Å². The van der Waals surface area contributed by atoms with E-state index in [9.17, 15) is 9.59 Å². The number of aromatic nitrogens is 1. The molecule has 0 saturated carbocycles. The normalized spacial score (nSPS) is 16.2. The Morgan fingerprint density at radius 1 is 1.00 bits per heavy atom. The third kappa shape index (κ3) is 4.99. The van der Waals surface area contributed by atoms with Crippen LogP contribution in [0.3, 0.4) is 0 Å². The van der Waals surface area contributed by atoms with Gasteiger partial charge in [0.25, 0.3) is 0 Å². The van der Waals surface area contributed by atoms with E-state index >= 15 is 0 Å². The van der Waals surface area contributed by atoms with E-state index in [-0.39, 0.29) is 19.8 Å². The summed E-state index contributed by atoms with van der Waals surface area (Å²) in [6, 6.07) is 15.2. The maximum Gasteiger partial charge on any atom is 0.494 e. The van der Waals surface area contributed by atoms with Crippen molar-refractivity contribution in [3.8, 4) is 0 Å². The molecule has 0 unspecified atom stereocenters. The van der Waals surface area contributed by atoms with Gasteiger partial charge in [0.1, 0.15) is 6.61 Å². The first-order valence-corrected chi connectivity index (χ1v) is 12.1. The Kier molecular flexibility index (Phi) is 7.15. The summed E-state index contributed by atoms with van der Waals surface area (Å²) in [4.78, 5) is 25.3. The van der Waals surface area contributed by atoms with Crippen LogP contribution in [0.2, 0.25) is 0 Å². The van der Waals surface area contributed by atoms with Gasteiger partial charge in [0.2, 0.25) is 0 Å². The van der Waals surface area contributed by atoms with E-state index in [1.54, 1.807) is 6.92 Å². The van der Waals surface area contributed by atoms with Crippen molar-refractivity contribution in [1.29, 1.82) is 0 Å². The zero-order valence-corrected chi connectivity index (χ0v) is 21.7. The molecule has 1 aliphatic heterocycles. The molecule has 1 fully saturated rings. The lowest BCUT2D eigenvalue weighted by Gasteiger charge is -2.32. The summed E-state index contributed by atoms with van der Waals surface area (Å²) in [6.45, 7) is 10.3. The number of nitrogens with zero attached hydrogens (tertiary/aromatic N) is 1. The average Bonchev–Trinajstić information content (AvgIpc) is 3.24. The molecular weight excluding hydrogens is 459 g/mol. The lowest BCUT2D eigenvalue weighted by molar-refractivity contribution is 0.00578. The summed E-state index contributed by atoms with van der Waals surface area (Å²) < 4.78 is 25.0. The maximum absolute atomic E-state index is 12.9. The fraction of sp³-hybridized carbons (Fsp3) is 0.407. The van der Waals surface area contributed by atoms with Crippen molar-refractivity contribution < 1.29 is 28.4 Å². The molecule has 0 aliphatic carbocycles. The van der Waals surface area contributed by atoms with Crippen LogP contribution in [0.4, 0.5) is 4.79 Å². The summed E-state index contributed by atoms with van der Waals surface area (Å²) in [6.07, 6.45) is -0.572. The van der Waals surface area contributed by atoms with Crippen LogP contribution in [0.25, 0.3) is 10.9 Å². The number of carbonyl (C=O) groups is 2. The Morgan fingerprint density at radius 3 is 2.31 bits per heavy atom. The molecule has 2 aromatic carbocycles. The molecule has 190 valence electrons. The fourth-order valence-electron chi connectivity index (χ4n) is 4.20. The van der Waals surface area contributed by atoms with E-state index in [2.05, 4.69) is 5.32 Å². The third-order valence-electron chi connectivity index (χ3n) is 6.96. The smallest absolute Gasteiger partial charge is 0.462 e. The summed E-state index contributed by atoms with van der Waals surface area (Å²) >= 11 is 0. The number of hydrogen-bond acceptors (Lipinski definition) is 6. The van der Waals surface area contributed by atoms with Crippen molar-refractivity contribution in [1.82, 2.24) is 9.88 Å². The van der Waals surface area contributed by atoms with E-state index in [4.69, 9.17) is 18.8 Å². The molecule has 9 heteroatoms. The van der Waals surface area contributed by atoms with E-state index < -0.39 is 30.4 Å². The van der Waals surface area contributed by atoms with Gasteiger partial charge in [-0.05, 0) is 51.7 Å². The first-order valence-electron chi connectivity index (χ1n) is 12.1. The van der Waals surface area contributed by atoms with Gasteiger partial charge < -0.3 is 28.7 Å². The van der Waals surface area contributed by atoms with Crippen molar-refractivity contribution in [2.24, 2.45) is 7.05 Å². The summed E-state index contributed by atoms with van der Waals surface area (Å²) in [5.41, 5.74) is 2.64. The zero-order valence-electron chi connectivity index (χ0n) is 21.7. The van der Waals surface area contributed by atoms with E-state index in [1.807, 2.05) is 87.8 Å². The van der Waals surface area contributed by atoms with Gasteiger partial charge in [-0.2, -0.15) is 0 Å². The second kappa shape index (κ2) is 9.99. The number of rotatable bonds is 7. The number of alkyl carbamates (subject to hydrolysis) is 1. The van der Waals surface area contributed by atoms with Crippen LogP contribution < -0.4 is 10.8 Å². The molecule has 0 bridgehead atoms. The number of nitrogens with one attached hydrogen (secondary N) is 1. The number of ether oxygens (including phenoxy) is 2. The van der Waals surface area contributed by atoms with Gasteiger partial charge in [0, 0.05) is 18.0 Å². The van der Waals surface area contributed by atoms with Crippen LogP contribution >= 0.6 is 0 Å². The molecule has 1 amide bonds. The molecule has 0 spiro atoms. The van der Waals surface area contributed by atoms with Gasteiger partial charge >= 0.3 is 19.2 Å². The van der Waals surface area contributed by atoms with Gasteiger partial charge in [-0.15, -0.1) is 0 Å². The predicted octanol–water partition coefficient (Wildman–Crippen LogP) is 4.08. The molecular formula is C27H33BN2O6. The molecule has 3 aromatic rings. The summed E-state index contributed by atoms with van der Waals surface area (Å²) in [5, 5.41) is 3.49. The highest BCUT2D eigenvalue weighted by Gasteiger charge is 2.51. The Hall–Kier alpha value is -3.30. The monoisotopic (exact) mass is 492 g/mol. The minimum atomic E-state index is -0.572. The lowest BCUT2D eigenvalue weighted by atomic mass is 9.78. The van der Waals surface area contributed by atoms with Crippen molar-refractivity contribution in [2.75, 3.05) is 6.61 Å². The first kappa shape index (κ1) is 25.8. The van der Waals surface area contributed by atoms with Crippen molar-refractivity contribution >= 4 is 35.5 Å². The topological polar surface area (TPSA) is 88.0 Å². The summed E-state index contributed by atoms with van der Waals surface area (Å²) in [5.74, 6) is -0.444. The molecule has 0 radical (unpaired) electrons. The number of amides is 1. The Labute approximate surface area is 212 Å². The summed E-state index contributed by atoms with van der Waals surface area (Å²) in [7, 11) is 1.32. The SMILES string of the molecule is CCOC(=O)c1c(CNC(=O)OCc2ccccc2)n(C)c2cc(B3OC(C)(C)C(C)(C)O3)ccc12. The fourth-order valence-corrected chi connectivity index (χ4v) is 4.20. The minimum Gasteiger partial charge on any atom is -0.462 e. The molecule has 8 nitrogen and oxygen atoms in total. The number of fused-ring (bicyclic) bond motifs is 1. The average molecular weight is 492 g/mol. The van der Waals surface area contributed by atoms with E-state index in [0.29, 0.717) is 11.3 Å². The number of benzene rings is 2. The van der Waals surface area contributed by atoms with Gasteiger partial charge in [-0.3, -0.25) is 0 Å². The molecule has 36 heavy (non-hydrogen) atoms. The molecule has 2 heterocycles. The minimum absolute atomic E-state index is 0.0960. The largest absolute Gasteiger partial charge is 0.494 e. The van der Waals surface area contributed by atoms with Gasteiger partial charge in [0.15, 0.2) is 0 Å². The predicted molar refractivity (Wildman–Crippen MR) is 138 cm³/mol. The lowest BCUT2D eigenvalue weighted by Crippen LogP contribution is -2.41. The molecule has 0 atom stereocenters. The van der Waals surface area contributed by atoms with Crippen LogP contribution in [0.1, 0.15) is 56.2 Å². The van der Waals surface area contributed by atoms with Gasteiger partial charge in [-0.25, -0.2) is 9.59 Å². The zero-order chi connectivity index (χ0) is 26.1. The molecule has 1 aliphatic rings. The Morgan fingerprint density at radius 2 is 1.67 bits per heavy atom. The second-order valence-corrected chi connectivity index (χ2v) is 9.88. The maximum atomic E-state index is 12.9. The van der Waals surface area contributed by atoms with Crippen LogP contribution in [-0.2, 0) is 39.0 Å².